The van der Waals surface area contributed by atoms with Crippen molar-refractivity contribution < 1.29 is 22.4 Å². The molecular formula is CF5N3. The number of nitrogens with zero attached hydrogens (tertiary/aromatic N) is 3. The first kappa shape index (κ1) is 7.92. The van der Waals surface area contributed by atoms with E-state index in [9.17, 15) is 22.4 Å². The van der Waals surface area contributed by atoms with Gasteiger partial charge in [-0.15, -0.1) is 0 Å². The summed E-state index contributed by atoms with van der Waals surface area (Å²) in [6.45, 7) is 0. The largest absolute Gasteiger partial charge is 0.353 e. The molecule has 0 aliphatic carbocycles. The predicted octanol–water partition coefficient (Wildman–Crippen LogP) is 1.37. The van der Waals surface area contributed by atoms with Gasteiger partial charge in [0.05, 0.1) is 0 Å². The van der Waals surface area contributed by atoms with Gasteiger partial charge in [-0.25, -0.2) is 0 Å². The monoisotopic (exact) mass is 149 g/mol. The summed E-state index contributed by atoms with van der Waals surface area (Å²) in [5.74, 6) is -2.35. The molecule has 0 unspecified atom stereocenters. The predicted molar refractivity (Wildman–Crippen MR) is 16.7 cm³/mol. The minimum Gasteiger partial charge on any atom is -0.0713 e. The molecule has 0 radical (unpaired) electrons. The molecule has 0 spiro atoms. The highest BCUT2D eigenvalue weighted by Gasteiger charge is 2.19. The van der Waals surface area contributed by atoms with Crippen LogP contribution in [0.25, 0.3) is 0 Å². The van der Waals surface area contributed by atoms with Gasteiger partial charge in [0.25, 0.3) is 0 Å². The third kappa shape index (κ3) is 2.11. The van der Waals surface area contributed by atoms with E-state index in [2.05, 4.69) is 0 Å². The van der Waals surface area contributed by atoms with E-state index in [4.69, 9.17) is 0 Å². The molecule has 0 saturated heterocycles. The Morgan fingerprint density at radius 1 is 1.00 bits per heavy atom. The number of hydrogen-bond acceptors (Lipinski definition) is 1. The van der Waals surface area contributed by atoms with E-state index >= 15 is 0 Å². The van der Waals surface area contributed by atoms with Crippen LogP contribution in [0, 0.1) is 0 Å². The van der Waals surface area contributed by atoms with Crippen LogP contribution in [0.3, 0.4) is 0 Å². The first-order chi connectivity index (χ1) is 4.09. The van der Waals surface area contributed by atoms with Crippen molar-refractivity contribution in [3.8, 4) is 0 Å². The quantitative estimate of drug-likeness (QED) is 0.224. The number of halogens is 5. The molecule has 0 saturated carbocycles. The Balaban J connectivity index is 4.01. The lowest BCUT2D eigenvalue weighted by Crippen LogP contribution is -2.24. The molecule has 0 N–H and O–H groups in total. The smallest absolute Gasteiger partial charge is 0.0713 e. The van der Waals surface area contributed by atoms with Gasteiger partial charge in [0.2, 0.25) is 0 Å². The highest BCUT2D eigenvalue weighted by atomic mass is 19.4. The van der Waals surface area contributed by atoms with Crippen LogP contribution in [0.1, 0.15) is 0 Å². The SMILES string of the molecule is FN=C(N(F)F)N(F)F. The lowest BCUT2D eigenvalue weighted by molar-refractivity contribution is -0.153. The number of guanidine groups is 1. The lowest BCUT2D eigenvalue weighted by Gasteiger charge is -2.01. The van der Waals surface area contributed by atoms with Crippen LogP contribution in [-0.2, 0) is 0 Å². The zero-order valence-electron chi connectivity index (χ0n) is 3.73. The Hall–Kier alpha value is -1.08. The second-order valence-electron chi connectivity index (χ2n) is 0.850. The second kappa shape index (κ2) is 3.05. The van der Waals surface area contributed by atoms with Crippen LogP contribution in [0.15, 0.2) is 5.21 Å². The van der Waals surface area contributed by atoms with Crippen LogP contribution >= 0.6 is 0 Å². The first-order valence-corrected chi connectivity index (χ1v) is 1.52. The molecule has 54 valence electrons. The van der Waals surface area contributed by atoms with E-state index in [1.807, 2.05) is 0 Å². The fraction of sp³-hybridized carbons (Fsp3) is 0. The maximum atomic E-state index is 10.9. The molecule has 3 nitrogen and oxygen atoms in total. The lowest BCUT2D eigenvalue weighted by atomic mass is 11.1. The standard InChI is InChI=1S/CF5N3/c2-7-1(8(3)4)9(5)6. The molecular weight excluding hydrogens is 149 g/mol. The van der Waals surface area contributed by atoms with E-state index in [0.717, 1.165) is 5.21 Å². The molecule has 9 heavy (non-hydrogen) atoms. The summed E-state index contributed by atoms with van der Waals surface area (Å²) in [5, 5.41) is -3.25. The molecule has 0 atom stereocenters. The molecule has 0 bridgehead atoms. The fourth-order valence-corrected chi connectivity index (χ4v) is 0.114. The van der Waals surface area contributed by atoms with Gasteiger partial charge >= 0.3 is 5.96 Å². The molecule has 0 aliphatic heterocycles. The molecule has 0 aromatic rings. The zero-order valence-corrected chi connectivity index (χ0v) is 3.73. The molecule has 0 aromatic heterocycles. The normalized spacial score (nSPS) is 8.56. The van der Waals surface area contributed by atoms with Crippen LogP contribution in [-0.4, -0.2) is 16.6 Å². The van der Waals surface area contributed by atoms with Crippen LogP contribution in [0.2, 0.25) is 0 Å². The fourth-order valence-electron chi connectivity index (χ4n) is 0.114. The van der Waals surface area contributed by atoms with Gasteiger partial charge < -0.3 is 0 Å². The van der Waals surface area contributed by atoms with Crippen molar-refractivity contribution in [2.24, 2.45) is 5.21 Å². The summed E-state index contributed by atoms with van der Waals surface area (Å²) < 4.78 is 54.3. The number of hydrogen-bond donors (Lipinski definition) is 0. The molecule has 0 rings (SSSR count). The topological polar surface area (TPSA) is 18.8 Å². The molecule has 0 amide bonds. The van der Waals surface area contributed by atoms with Gasteiger partial charge in [0.1, 0.15) is 0 Å². The summed E-state index contributed by atoms with van der Waals surface area (Å²) in [6, 6.07) is 0. The summed E-state index contributed by atoms with van der Waals surface area (Å²) in [5.41, 5.74) is 0. The van der Waals surface area contributed by atoms with Gasteiger partial charge in [-0.1, -0.05) is 22.4 Å². The van der Waals surface area contributed by atoms with Crippen LogP contribution in [0.5, 0.6) is 0 Å². The van der Waals surface area contributed by atoms with Crippen molar-refractivity contribution in [2.45, 2.75) is 0 Å². The highest BCUT2D eigenvalue weighted by molar-refractivity contribution is 5.75. The van der Waals surface area contributed by atoms with Crippen LogP contribution in [0.4, 0.5) is 22.4 Å². The van der Waals surface area contributed by atoms with Gasteiger partial charge in [-0.3, -0.25) is 0 Å². The van der Waals surface area contributed by atoms with Gasteiger partial charge in [0, 0.05) is 10.7 Å². The third-order valence-electron chi connectivity index (χ3n) is 0.378. The van der Waals surface area contributed by atoms with E-state index in [0.29, 0.717) is 0 Å². The van der Waals surface area contributed by atoms with Crippen molar-refractivity contribution in [2.75, 3.05) is 0 Å². The molecule has 0 aromatic carbocycles. The van der Waals surface area contributed by atoms with Crippen molar-refractivity contribution in [1.29, 1.82) is 0 Å². The summed E-state index contributed by atoms with van der Waals surface area (Å²) >= 11 is 0. The molecule has 8 heteroatoms. The van der Waals surface area contributed by atoms with E-state index in [1.54, 1.807) is 0 Å². The third-order valence-corrected chi connectivity index (χ3v) is 0.378. The Morgan fingerprint density at radius 3 is 1.33 bits per heavy atom. The van der Waals surface area contributed by atoms with Gasteiger partial charge in [-0.2, -0.15) is 0 Å². The number of rotatable bonds is 0. The molecule has 0 aliphatic rings. The average molecular weight is 149 g/mol. The van der Waals surface area contributed by atoms with E-state index < -0.39 is 16.6 Å². The Kier molecular flexibility index (Phi) is 2.68. The van der Waals surface area contributed by atoms with Crippen molar-refractivity contribution >= 4 is 5.96 Å². The Bertz CT molecular complexity index is 98.8. The Labute approximate surface area is 45.7 Å². The average Bonchev–Trinajstić information content (AvgIpc) is 1.64. The minimum atomic E-state index is -2.35. The van der Waals surface area contributed by atoms with Crippen molar-refractivity contribution in [1.82, 2.24) is 10.7 Å². The van der Waals surface area contributed by atoms with Crippen molar-refractivity contribution in [3.05, 3.63) is 0 Å². The van der Waals surface area contributed by atoms with Gasteiger partial charge in [0.15, 0.2) is 0 Å². The Morgan fingerprint density at radius 2 is 1.33 bits per heavy atom. The second-order valence-corrected chi connectivity index (χ2v) is 0.850. The summed E-state index contributed by atoms with van der Waals surface area (Å²) in [7, 11) is 0. The maximum absolute atomic E-state index is 10.9. The van der Waals surface area contributed by atoms with E-state index in [-0.39, 0.29) is 0 Å². The summed E-state index contributed by atoms with van der Waals surface area (Å²) in [6.07, 6.45) is 0. The summed E-state index contributed by atoms with van der Waals surface area (Å²) in [4.78, 5) is 0. The zero-order chi connectivity index (χ0) is 7.44. The molecule has 0 heterocycles. The minimum absolute atomic E-state index is 1.06. The maximum Gasteiger partial charge on any atom is 0.353 e. The first-order valence-electron chi connectivity index (χ1n) is 1.52. The van der Waals surface area contributed by atoms with Gasteiger partial charge in [-0.05, 0) is 5.21 Å². The van der Waals surface area contributed by atoms with Crippen LogP contribution < -0.4 is 0 Å². The highest BCUT2D eigenvalue weighted by Crippen LogP contribution is 2.01. The van der Waals surface area contributed by atoms with E-state index in [1.165, 1.54) is 0 Å². The molecule has 0 fully saturated rings. The van der Waals surface area contributed by atoms with Crippen molar-refractivity contribution in [3.63, 3.8) is 0 Å².